The molecule has 0 fully saturated rings. The molecule has 2 amide bonds. The van der Waals surface area contributed by atoms with E-state index >= 15 is 0 Å². The Morgan fingerprint density at radius 3 is 2.26 bits per heavy atom. The van der Waals surface area contributed by atoms with Gasteiger partial charge in [0.05, 0.1) is 20.8 Å². The van der Waals surface area contributed by atoms with E-state index in [4.69, 9.17) is 15.2 Å². The first-order chi connectivity index (χ1) is 14.6. The van der Waals surface area contributed by atoms with Crippen molar-refractivity contribution in [3.8, 4) is 11.5 Å². The number of benzene rings is 2. The average molecular weight is 512 g/mol. The molecule has 34 heavy (non-hydrogen) atoms. The Kier molecular flexibility index (Phi) is 15.4. The normalized spacial score (nSPS) is 9.97. The third kappa shape index (κ3) is 10.7. The molecule has 14 heteroatoms. The molecular weight excluding hydrogens is 481 g/mol. The molecule has 0 saturated carbocycles. The first kappa shape index (κ1) is 33.8. The maximum absolute atomic E-state index is 12.4. The summed E-state index contributed by atoms with van der Waals surface area (Å²) in [7, 11) is -1.36. The summed E-state index contributed by atoms with van der Waals surface area (Å²) in [6.07, 6.45) is 0.502. The summed E-state index contributed by atoms with van der Waals surface area (Å²) in [5, 5.41) is 2.70. The van der Waals surface area contributed by atoms with E-state index < -0.39 is 27.8 Å². The number of carbonyl (C=O) groups is 2. The molecule has 0 unspecified atom stereocenters. The fourth-order valence-corrected chi connectivity index (χ4v) is 3.51. The van der Waals surface area contributed by atoms with Crippen molar-refractivity contribution in [2.75, 3.05) is 38.1 Å². The number of hydrogen-bond acceptors (Lipinski definition) is 7. The molecule has 0 aliphatic rings. The number of ether oxygens (including phenoxy) is 2. The summed E-state index contributed by atoms with van der Waals surface area (Å²) in [6, 6.07) is 11.2. The summed E-state index contributed by atoms with van der Waals surface area (Å²) < 4.78 is 42.5. The Bertz CT molecular complexity index is 1050. The number of anilines is 1. The van der Waals surface area contributed by atoms with Gasteiger partial charge in [-0.2, -0.15) is 8.42 Å². The molecule has 0 atom stereocenters. The van der Waals surface area contributed by atoms with E-state index in [-0.39, 0.29) is 64.9 Å². The molecule has 0 aliphatic heterocycles. The van der Waals surface area contributed by atoms with E-state index in [0.29, 0.717) is 17.9 Å². The quantitative estimate of drug-likeness (QED) is 0.238. The summed E-state index contributed by atoms with van der Waals surface area (Å²) >= 11 is 0. The summed E-state index contributed by atoms with van der Waals surface area (Å²) in [6.45, 7) is -0.0662. The number of carbonyl (C=O) groups excluding carboxylic acids is 2. The number of methoxy groups -OCH3 is 2. The molecule has 0 spiro atoms. The van der Waals surface area contributed by atoms with Crippen LogP contribution in [0, 0.1) is 0 Å². The van der Waals surface area contributed by atoms with E-state index in [9.17, 15) is 22.6 Å². The van der Waals surface area contributed by atoms with Crippen molar-refractivity contribution in [1.82, 2.24) is 5.32 Å². The molecule has 2 aromatic rings. The minimum atomic E-state index is -4.42. The second-order valence-electron chi connectivity index (χ2n) is 6.61. The van der Waals surface area contributed by atoms with Crippen molar-refractivity contribution in [2.45, 2.75) is 6.42 Å². The van der Waals surface area contributed by atoms with E-state index in [0.717, 1.165) is 10.5 Å². The Morgan fingerprint density at radius 1 is 1.06 bits per heavy atom. The summed E-state index contributed by atoms with van der Waals surface area (Å²) in [5.74, 6) is -0.825. The monoisotopic (exact) mass is 511 g/mol. The molecule has 8 N–H and O–H groups in total. The van der Waals surface area contributed by atoms with Crippen LogP contribution in [0.3, 0.4) is 0 Å². The van der Waals surface area contributed by atoms with Gasteiger partial charge in [-0.05, 0) is 42.3 Å². The van der Waals surface area contributed by atoms with E-state index in [1.54, 1.807) is 12.1 Å². The van der Waals surface area contributed by atoms with Gasteiger partial charge in [0.1, 0.15) is 5.88 Å². The van der Waals surface area contributed by atoms with E-state index in [1.807, 2.05) is 6.07 Å². The van der Waals surface area contributed by atoms with Crippen molar-refractivity contribution in [3.63, 3.8) is 0 Å². The molecule has 0 heterocycles. The summed E-state index contributed by atoms with van der Waals surface area (Å²) in [5.41, 5.74) is 6.55. The van der Waals surface area contributed by atoms with Crippen molar-refractivity contribution < 1.29 is 43.0 Å². The van der Waals surface area contributed by atoms with Crippen molar-refractivity contribution in [1.29, 1.82) is 0 Å². The zero-order valence-corrected chi connectivity index (χ0v) is 19.0. The summed E-state index contributed by atoms with van der Waals surface area (Å²) in [4.78, 5) is 24.9. The van der Waals surface area contributed by atoms with Crippen LogP contribution in [0.1, 0.15) is 15.9 Å². The number of rotatable bonds is 11. The number of amides is 2. The van der Waals surface area contributed by atoms with Crippen LogP contribution in [0.4, 0.5) is 5.69 Å². The van der Waals surface area contributed by atoms with Crippen LogP contribution in [0.25, 0.3) is 0 Å². The van der Waals surface area contributed by atoms with E-state index in [1.165, 1.54) is 38.5 Å². The topological polar surface area (TPSA) is 211 Å². The van der Waals surface area contributed by atoms with Gasteiger partial charge in [-0.3, -0.25) is 14.1 Å². The fourth-order valence-electron chi connectivity index (χ4n) is 2.88. The van der Waals surface area contributed by atoms with Gasteiger partial charge in [0, 0.05) is 17.8 Å². The first-order valence-electron chi connectivity index (χ1n) is 9.20. The van der Waals surface area contributed by atoms with Gasteiger partial charge in [-0.25, -0.2) is 0 Å². The average Bonchev–Trinajstić information content (AvgIpc) is 2.72. The Morgan fingerprint density at radius 2 is 1.71 bits per heavy atom. The molecule has 0 aromatic heterocycles. The van der Waals surface area contributed by atoms with Gasteiger partial charge in [-0.1, -0.05) is 12.1 Å². The molecule has 2 aromatic carbocycles. The number of primary amides is 1. The third-order valence-corrected chi connectivity index (χ3v) is 4.97. The van der Waals surface area contributed by atoms with Gasteiger partial charge in [-0.15, -0.1) is 0 Å². The second kappa shape index (κ2) is 15.5. The SMILES string of the molecule is COc1ccc(CCNC(=O)CN(CS(=O)(=O)O)c2cccc(C(N)=O)c2)cc1OC.O.O.[NaH]. The molecule has 0 bridgehead atoms. The molecule has 0 radical (unpaired) electrons. The Labute approximate surface area is 220 Å². The minimum absolute atomic E-state index is 0. The fraction of sp³-hybridized carbons (Fsp3) is 0.300. The molecule has 186 valence electrons. The zero-order chi connectivity index (χ0) is 23.0. The molecule has 2 rings (SSSR count). The van der Waals surface area contributed by atoms with Crippen LogP contribution in [0.2, 0.25) is 0 Å². The zero-order valence-electron chi connectivity index (χ0n) is 18.2. The van der Waals surface area contributed by atoms with Crippen molar-refractivity contribution in [3.05, 3.63) is 53.6 Å². The number of nitrogens with one attached hydrogen (secondary N) is 1. The Balaban J connectivity index is 0. The van der Waals surface area contributed by atoms with Crippen LogP contribution in [-0.4, -0.2) is 98.5 Å². The van der Waals surface area contributed by atoms with Gasteiger partial charge in [0.15, 0.2) is 11.5 Å². The van der Waals surface area contributed by atoms with Crippen LogP contribution in [0.15, 0.2) is 42.5 Å². The van der Waals surface area contributed by atoms with Gasteiger partial charge in [0.25, 0.3) is 10.1 Å². The number of nitrogens with zero attached hydrogens (tertiary/aromatic N) is 1. The molecule has 0 saturated heterocycles. The first-order valence-corrected chi connectivity index (χ1v) is 10.8. The maximum atomic E-state index is 12.4. The number of hydrogen-bond donors (Lipinski definition) is 3. The van der Waals surface area contributed by atoms with Crippen LogP contribution >= 0.6 is 0 Å². The molecular formula is C20H30N3NaO9S. The van der Waals surface area contributed by atoms with Crippen molar-refractivity contribution >= 4 is 57.2 Å². The Hall–Kier alpha value is -2.39. The van der Waals surface area contributed by atoms with Gasteiger partial charge in [0.2, 0.25) is 11.8 Å². The standard InChI is InChI=1S/C20H25N3O7S.Na.2H2O.H/c1-29-17-7-6-14(10-18(17)30-2)8-9-22-19(24)12-23(13-31(26,27)28)16-5-3-4-15(11-16)20(21)25;;;;/h3-7,10-11H,8-9,12-13H2,1-2H3,(H2,21,25)(H,22,24)(H,26,27,28);;2*1H2;. The number of nitrogens with two attached hydrogens (primary N) is 1. The van der Waals surface area contributed by atoms with Crippen LogP contribution in [0.5, 0.6) is 11.5 Å². The van der Waals surface area contributed by atoms with Crippen LogP contribution < -0.4 is 25.4 Å². The van der Waals surface area contributed by atoms with Crippen molar-refractivity contribution in [2.24, 2.45) is 5.73 Å². The molecule has 12 nitrogen and oxygen atoms in total. The molecule has 0 aliphatic carbocycles. The van der Waals surface area contributed by atoms with E-state index in [2.05, 4.69) is 5.32 Å². The predicted octanol–water partition coefficient (Wildman–Crippen LogP) is -1.48. The second-order valence-corrected chi connectivity index (χ2v) is 8.03. The third-order valence-electron chi connectivity index (χ3n) is 4.33. The van der Waals surface area contributed by atoms with Gasteiger partial charge < -0.3 is 36.4 Å². The van der Waals surface area contributed by atoms with Crippen LogP contribution in [-0.2, 0) is 21.3 Å². The van der Waals surface area contributed by atoms with Gasteiger partial charge >= 0.3 is 29.6 Å². The predicted molar refractivity (Wildman–Crippen MR) is 129 cm³/mol.